The average molecular weight is 360 g/mol. The SMILES string of the molecule is Fc1ccc(-c2ccc(CBr)c(-c3ccc(F)cc3)n2)cc1. The van der Waals surface area contributed by atoms with Crippen molar-refractivity contribution in [3.05, 3.63) is 77.9 Å². The molecule has 0 aliphatic rings. The van der Waals surface area contributed by atoms with Crippen LogP contribution in [0.25, 0.3) is 22.5 Å². The van der Waals surface area contributed by atoms with E-state index in [-0.39, 0.29) is 11.6 Å². The van der Waals surface area contributed by atoms with Gasteiger partial charge in [-0.1, -0.05) is 22.0 Å². The van der Waals surface area contributed by atoms with Crippen LogP contribution in [0.15, 0.2) is 60.7 Å². The zero-order chi connectivity index (χ0) is 15.5. The van der Waals surface area contributed by atoms with Crippen molar-refractivity contribution in [1.82, 2.24) is 4.98 Å². The number of halogens is 3. The number of hydrogen-bond donors (Lipinski definition) is 0. The summed E-state index contributed by atoms with van der Waals surface area (Å²) in [4.78, 5) is 4.67. The Labute approximate surface area is 135 Å². The number of benzene rings is 2. The summed E-state index contributed by atoms with van der Waals surface area (Å²) in [5, 5.41) is 0.649. The molecule has 1 aromatic heterocycles. The summed E-state index contributed by atoms with van der Waals surface area (Å²) >= 11 is 3.45. The van der Waals surface area contributed by atoms with Gasteiger partial charge in [-0.3, -0.25) is 0 Å². The van der Waals surface area contributed by atoms with E-state index in [1.54, 1.807) is 24.3 Å². The van der Waals surface area contributed by atoms with Gasteiger partial charge in [0.25, 0.3) is 0 Å². The average Bonchev–Trinajstić information content (AvgIpc) is 2.56. The second kappa shape index (κ2) is 6.36. The van der Waals surface area contributed by atoms with Gasteiger partial charge in [-0.2, -0.15) is 0 Å². The van der Waals surface area contributed by atoms with Crippen molar-refractivity contribution < 1.29 is 8.78 Å². The van der Waals surface area contributed by atoms with Crippen LogP contribution in [0.2, 0.25) is 0 Å². The fourth-order valence-electron chi connectivity index (χ4n) is 2.23. The maximum absolute atomic E-state index is 13.1. The van der Waals surface area contributed by atoms with Gasteiger partial charge in [0.05, 0.1) is 11.4 Å². The predicted molar refractivity (Wildman–Crippen MR) is 87.7 cm³/mol. The molecule has 0 bridgehead atoms. The summed E-state index contributed by atoms with van der Waals surface area (Å²) in [5.41, 5.74) is 4.24. The molecule has 0 radical (unpaired) electrons. The smallest absolute Gasteiger partial charge is 0.123 e. The maximum atomic E-state index is 13.1. The van der Waals surface area contributed by atoms with E-state index >= 15 is 0 Å². The van der Waals surface area contributed by atoms with Crippen LogP contribution in [0.3, 0.4) is 0 Å². The Morgan fingerprint density at radius 1 is 0.727 bits per heavy atom. The van der Waals surface area contributed by atoms with E-state index in [0.29, 0.717) is 5.33 Å². The highest BCUT2D eigenvalue weighted by Gasteiger charge is 2.09. The first-order valence-electron chi connectivity index (χ1n) is 6.75. The Kier molecular flexibility index (Phi) is 4.29. The molecule has 0 spiro atoms. The lowest BCUT2D eigenvalue weighted by Crippen LogP contribution is -1.94. The monoisotopic (exact) mass is 359 g/mol. The lowest BCUT2D eigenvalue weighted by Gasteiger charge is -2.10. The quantitative estimate of drug-likeness (QED) is 0.555. The van der Waals surface area contributed by atoms with E-state index in [1.807, 2.05) is 12.1 Å². The molecule has 22 heavy (non-hydrogen) atoms. The Morgan fingerprint density at radius 3 is 1.82 bits per heavy atom. The molecule has 0 fully saturated rings. The number of aromatic nitrogens is 1. The second-order valence-corrected chi connectivity index (χ2v) is 5.41. The molecule has 0 aliphatic heterocycles. The van der Waals surface area contributed by atoms with E-state index in [2.05, 4.69) is 20.9 Å². The molecular formula is C18H12BrF2N. The molecule has 0 atom stereocenters. The van der Waals surface area contributed by atoms with E-state index in [0.717, 1.165) is 28.1 Å². The van der Waals surface area contributed by atoms with Crippen LogP contribution in [-0.4, -0.2) is 4.98 Å². The predicted octanol–water partition coefficient (Wildman–Crippen LogP) is 5.59. The minimum absolute atomic E-state index is 0.278. The topological polar surface area (TPSA) is 12.9 Å². The number of hydrogen-bond acceptors (Lipinski definition) is 1. The van der Waals surface area contributed by atoms with Gasteiger partial charge in [0.15, 0.2) is 0 Å². The Morgan fingerprint density at radius 2 is 1.27 bits per heavy atom. The lowest BCUT2D eigenvalue weighted by atomic mass is 10.0. The number of nitrogens with zero attached hydrogens (tertiary/aromatic N) is 1. The highest BCUT2D eigenvalue weighted by molar-refractivity contribution is 9.08. The van der Waals surface area contributed by atoms with Crippen LogP contribution in [0.1, 0.15) is 5.56 Å². The van der Waals surface area contributed by atoms with Gasteiger partial charge >= 0.3 is 0 Å². The normalized spacial score (nSPS) is 10.7. The summed E-state index contributed by atoms with van der Waals surface area (Å²) in [5.74, 6) is -0.557. The molecule has 0 aliphatic carbocycles. The fraction of sp³-hybridized carbons (Fsp3) is 0.0556. The van der Waals surface area contributed by atoms with Crippen molar-refractivity contribution >= 4 is 15.9 Å². The summed E-state index contributed by atoms with van der Waals surface area (Å²) in [7, 11) is 0. The third kappa shape index (κ3) is 3.07. The third-order valence-corrected chi connectivity index (χ3v) is 3.98. The number of alkyl halides is 1. The molecule has 1 nitrogen and oxygen atoms in total. The van der Waals surface area contributed by atoms with Crippen molar-refractivity contribution in [3.8, 4) is 22.5 Å². The first-order valence-corrected chi connectivity index (χ1v) is 7.87. The standard InChI is InChI=1S/C18H12BrF2N/c19-11-14-5-10-17(12-1-6-15(20)7-2-12)22-18(14)13-3-8-16(21)9-4-13/h1-10H,11H2. The maximum Gasteiger partial charge on any atom is 0.123 e. The second-order valence-electron chi connectivity index (χ2n) is 4.85. The van der Waals surface area contributed by atoms with Gasteiger partial charge in [0.1, 0.15) is 11.6 Å². The van der Waals surface area contributed by atoms with E-state index in [9.17, 15) is 8.78 Å². The van der Waals surface area contributed by atoms with Crippen molar-refractivity contribution in [3.63, 3.8) is 0 Å². The van der Waals surface area contributed by atoms with Gasteiger partial charge in [0.2, 0.25) is 0 Å². The van der Waals surface area contributed by atoms with Gasteiger partial charge in [-0.25, -0.2) is 13.8 Å². The van der Waals surface area contributed by atoms with Gasteiger partial charge in [-0.15, -0.1) is 0 Å². The van der Waals surface area contributed by atoms with Crippen LogP contribution in [-0.2, 0) is 5.33 Å². The van der Waals surface area contributed by atoms with Crippen molar-refractivity contribution in [2.24, 2.45) is 0 Å². The molecule has 4 heteroatoms. The molecule has 110 valence electrons. The number of rotatable bonds is 3. The Hall–Kier alpha value is -2.07. The lowest BCUT2D eigenvalue weighted by molar-refractivity contribution is 0.627. The highest BCUT2D eigenvalue weighted by Crippen LogP contribution is 2.27. The molecule has 0 saturated carbocycles. The molecule has 1 heterocycles. The van der Waals surface area contributed by atoms with Crippen LogP contribution in [0.5, 0.6) is 0 Å². The molecule has 2 aromatic carbocycles. The molecule has 3 aromatic rings. The first kappa shape index (κ1) is 14.9. The van der Waals surface area contributed by atoms with Crippen molar-refractivity contribution in [2.45, 2.75) is 5.33 Å². The fourth-order valence-corrected chi connectivity index (χ4v) is 2.69. The van der Waals surface area contributed by atoms with E-state index in [1.165, 1.54) is 24.3 Å². The minimum Gasteiger partial charge on any atom is -0.247 e. The summed E-state index contributed by atoms with van der Waals surface area (Å²) in [6.45, 7) is 0. The highest BCUT2D eigenvalue weighted by atomic mass is 79.9. The first-order chi connectivity index (χ1) is 10.7. The van der Waals surface area contributed by atoms with Crippen molar-refractivity contribution in [2.75, 3.05) is 0 Å². The summed E-state index contributed by atoms with van der Waals surface area (Å²) < 4.78 is 26.1. The Balaban J connectivity index is 2.10. The third-order valence-electron chi connectivity index (χ3n) is 3.38. The molecule has 0 amide bonds. The van der Waals surface area contributed by atoms with Gasteiger partial charge in [-0.05, 0) is 60.2 Å². The van der Waals surface area contributed by atoms with Crippen LogP contribution in [0.4, 0.5) is 8.78 Å². The van der Waals surface area contributed by atoms with Crippen LogP contribution < -0.4 is 0 Å². The van der Waals surface area contributed by atoms with Gasteiger partial charge < -0.3 is 0 Å². The zero-order valence-corrected chi connectivity index (χ0v) is 13.1. The van der Waals surface area contributed by atoms with Crippen LogP contribution >= 0.6 is 15.9 Å². The molecule has 0 saturated heterocycles. The summed E-state index contributed by atoms with van der Waals surface area (Å²) in [6, 6.07) is 16.3. The zero-order valence-electron chi connectivity index (χ0n) is 11.6. The molecular weight excluding hydrogens is 348 g/mol. The summed E-state index contributed by atoms with van der Waals surface area (Å²) in [6.07, 6.45) is 0. The Bertz CT molecular complexity index is 783. The molecule has 0 unspecified atom stereocenters. The van der Waals surface area contributed by atoms with E-state index in [4.69, 9.17) is 0 Å². The molecule has 0 N–H and O–H groups in total. The largest absolute Gasteiger partial charge is 0.247 e. The minimum atomic E-state index is -0.279. The van der Waals surface area contributed by atoms with Gasteiger partial charge in [0, 0.05) is 16.5 Å². The van der Waals surface area contributed by atoms with Crippen molar-refractivity contribution in [1.29, 1.82) is 0 Å². The van der Waals surface area contributed by atoms with E-state index < -0.39 is 0 Å². The van der Waals surface area contributed by atoms with Crippen LogP contribution in [0, 0.1) is 11.6 Å². The number of pyridine rings is 1. The molecule has 3 rings (SSSR count).